The van der Waals surface area contributed by atoms with Gasteiger partial charge in [-0.25, -0.2) is 8.78 Å². The number of aldehydes is 1. The van der Waals surface area contributed by atoms with E-state index in [9.17, 15) is 13.6 Å². The van der Waals surface area contributed by atoms with Crippen molar-refractivity contribution in [3.63, 3.8) is 0 Å². The number of rotatable bonds is 4. The Labute approximate surface area is 87.5 Å². The molecule has 2 nitrogen and oxygen atoms in total. The summed E-state index contributed by atoms with van der Waals surface area (Å²) < 4.78 is 24.2. The van der Waals surface area contributed by atoms with Crippen LogP contribution in [0, 0.1) is 6.92 Å². The molecule has 0 N–H and O–H groups in total. The topological polar surface area (TPSA) is 20.3 Å². The number of benzene rings is 1. The van der Waals surface area contributed by atoms with Crippen LogP contribution in [0.4, 0.5) is 14.5 Å². The molecule has 82 valence electrons. The standard InChI is InChI=1S/C11H13F2NO/c1-8-5-10(4-3-9(8)7-15)14(2)6-11(12)13/h3-5,7,11H,6H2,1-2H3. The van der Waals surface area contributed by atoms with E-state index < -0.39 is 6.43 Å². The van der Waals surface area contributed by atoms with Crippen LogP contribution in [0.1, 0.15) is 15.9 Å². The van der Waals surface area contributed by atoms with Crippen LogP contribution in [0.5, 0.6) is 0 Å². The lowest BCUT2D eigenvalue weighted by Gasteiger charge is -2.19. The Bertz CT molecular complexity index is 352. The molecule has 0 unspecified atom stereocenters. The van der Waals surface area contributed by atoms with Crippen molar-refractivity contribution in [2.45, 2.75) is 13.3 Å². The lowest BCUT2D eigenvalue weighted by atomic mass is 10.1. The van der Waals surface area contributed by atoms with Gasteiger partial charge in [-0.1, -0.05) is 0 Å². The van der Waals surface area contributed by atoms with Crippen LogP contribution in [0.15, 0.2) is 18.2 Å². The summed E-state index contributed by atoms with van der Waals surface area (Å²) in [5.41, 5.74) is 2.08. The number of nitrogens with zero attached hydrogens (tertiary/aromatic N) is 1. The minimum Gasteiger partial charge on any atom is -0.369 e. The fourth-order valence-electron chi connectivity index (χ4n) is 1.34. The molecule has 0 saturated carbocycles. The summed E-state index contributed by atoms with van der Waals surface area (Å²) in [6.07, 6.45) is -1.60. The van der Waals surface area contributed by atoms with Crippen molar-refractivity contribution >= 4 is 12.0 Å². The summed E-state index contributed by atoms with van der Waals surface area (Å²) in [4.78, 5) is 12.0. The van der Waals surface area contributed by atoms with Gasteiger partial charge in [0, 0.05) is 18.3 Å². The van der Waals surface area contributed by atoms with Gasteiger partial charge < -0.3 is 4.90 Å². The average Bonchev–Trinajstić information content (AvgIpc) is 2.16. The number of carbonyl (C=O) groups excluding carboxylic acids is 1. The Morgan fingerprint density at radius 3 is 2.60 bits per heavy atom. The van der Waals surface area contributed by atoms with Crippen molar-refractivity contribution in [2.24, 2.45) is 0 Å². The SMILES string of the molecule is Cc1cc(N(C)CC(F)F)ccc1C=O. The molecule has 0 amide bonds. The first-order chi connectivity index (χ1) is 7.04. The van der Waals surface area contributed by atoms with Crippen molar-refractivity contribution < 1.29 is 13.6 Å². The van der Waals surface area contributed by atoms with Crippen LogP contribution in [0.2, 0.25) is 0 Å². The summed E-state index contributed by atoms with van der Waals surface area (Å²) in [6, 6.07) is 5.03. The third kappa shape index (κ3) is 3.01. The molecule has 0 bridgehead atoms. The summed E-state index contributed by atoms with van der Waals surface area (Å²) >= 11 is 0. The zero-order valence-electron chi connectivity index (χ0n) is 8.71. The van der Waals surface area contributed by atoms with Gasteiger partial charge in [0.25, 0.3) is 6.43 Å². The van der Waals surface area contributed by atoms with Crippen LogP contribution < -0.4 is 4.90 Å². The molecule has 0 fully saturated rings. The average molecular weight is 213 g/mol. The smallest absolute Gasteiger partial charge is 0.255 e. The third-order valence-corrected chi connectivity index (χ3v) is 2.23. The first-order valence-corrected chi connectivity index (χ1v) is 4.59. The number of alkyl halides is 2. The normalized spacial score (nSPS) is 10.5. The maximum atomic E-state index is 12.1. The molecule has 0 aliphatic rings. The Hall–Kier alpha value is -1.45. The highest BCUT2D eigenvalue weighted by molar-refractivity contribution is 5.78. The Balaban J connectivity index is 2.87. The second-order valence-corrected chi connectivity index (χ2v) is 3.43. The van der Waals surface area contributed by atoms with E-state index in [0.717, 1.165) is 11.8 Å². The van der Waals surface area contributed by atoms with E-state index in [0.29, 0.717) is 11.3 Å². The molecule has 4 heteroatoms. The number of aryl methyl sites for hydroxylation is 1. The van der Waals surface area contributed by atoms with Gasteiger partial charge >= 0.3 is 0 Å². The van der Waals surface area contributed by atoms with Gasteiger partial charge in [-0.2, -0.15) is 0 Å². The molecule has 0 heterocycles. The van der Waals surface area contributed by atoms with Gasteiger partial charge in [0.1, 0.15) is 6.29 Å². The maximum absolute atomic E-state index is 12.1. The molecule has 0 atom stereocenters. The van der Waals surface area contributed by atoms with E-state index in [4.69, 9.17) is 0 Å². The molecular formula is C11H13F2NO. The first kappa shape index (κ1) is 11.6. The number of carbonyl (C=O) groups is 1. The highest BCUT2D eigenvalue weighted by Gasteiger charge is 2.09. The number of halogens is 2. The molecule has 15 heavy (non-hydrogen) atoms. The molecule has 0 aliphatic carbocycles. The van der Waals surface area contributed by atoms with Crippen molar-refractivity contribution in [3.8, 4) is 0 Å². The minimum atomic E-state index is -2.36. The van der Waals surface area contributed by atoms with E-state index >= 15 is 0 Å². The van der Waals surface area contributed by atoms with Crippen LogP contribution in [-0.2, 0) is 0 Å². The third-order valence-electron chi connectivity index (χ3n) is 2.23. The van der Waals surface area contributed by atoms with Crippen LogP contribution in [0.3, 0.4) is 0 Å². The molecular weight excluding hydrogens is 200 g/mol. The Morgan fingerprint density at radius 2 is 2.13 bits per heavy atom. The van der Waals surface area contributed by atoms with Gasteiger partial charge in [-0.05, 0) is 30.7 Å². The fourth-order valence-corrected chi connectivity index (χ4v) is 1.34. The van der Waals surface area contributed by atoms with Crippen molar-refractivity contribution in [1.82, 2.24) is 0 Å². The Morgan fingerprint density at radius 1 is 1.47 bits per heavy atom. The van der Waals surface area contributed by atoms with Gasteiger partial charge in [0.2, 0.25) is 0 Å². The van der Waals surface area contributed by atoms with E-state index in [1.165, 1.54) is 4.90 Å². The van der Waals surface area contributed by atoms with E-state index in [1.54, 1.807) is 32.2 Å². The first-order valence-electron chi connectivity index (χ1n) is 4.59. The molecule has 1 aromatic rings. The van der Waals surface area contributed by atoms with Crippen LogP contribution in [-0.4, -0.2) is 26.3 Å². The van der Waals surface area contributed by atoms with Crippen molar-refractivity contribution in [3.05, 3.63) is 29.3 Å². The number of hydrogen-bond donors (Lipinski definition) is 0. The van der Waals surface area contributed by atoms with Gasteiger partial charge in [0.05, 0.1) is 6.54 Å². The second kappa shape index (κ2) is 4.87. The van der Waals surface area contributed by atoms with Gasteiger partial charge in [-0.3, -0.25) is 4.79 Å². The van der Waals surface area contributed by atoms with E-state index in [2.05, 4.69) is 0 Å². The summed E-state index contributed by atoms with van der Waals surface area (Å²) in [7, 11) is 1.60. The summed E-state index contributed by atoms with van der Waals surface area (Å²) in [6.45, 7) is 1.48. The molecule has 0 radical (unpaired) electrons. The van der Waals surface area contributed by atoms with Crippen LogP contribution in [0.25, 0.3) is 0 Å². The largest absolute Gasteiger partial charge is 0.369 e. The van der Waals surface area contributed by atoms with Crippen LogP contribution >= 0.6 is 0 Å². The lowest BCUT2D eigenvalue weighted by molar-refractivity contribution is 0.112. The van der Waals surface area contributed by atoms with E-state index in [-0.39, 0.29) is 6.54 Å². The quantitative estimate of drug-likeness (QED) is 0.716. The fraction of sp³-hybridized carbons (Fsp3) is 0.364. The maximum Gasteiger partial charge on any atom is 0.255 e. The van der Waals surface area contributed by atoms with Gasteiger partial charge in [-0.15, -0.1) is 0 Å². The van der Waals surface area contributed by atoms with E-state index in [1.807, 2.05) is 0 Å². The number of anilines is 1. The summed E-state index contributed by atoms with van der Waals surface area (Å²) in [5.74, 6) is 0. The zero-order valence-corrected chi connectivity index (χ0v) is 8.71. The molecule has 1 rings (SSSR count). The van der Waals surface area contributed by atoms with Crippen molar-refractivity contribution in [2.75, 3.05) is 18.5 Å². The van der Waals surface area contributed by atoms with Crippen molar-refractivity contribution in [1.29, 1.82) is 0 Å². The predicted octanol–water partition coefficient (Wildman–Crippen LogP) is 2.51. The monoisotopic (exact) mass is 213 g/mol. The molecule has 0 saturated heterocycles. The summed E-state index contributed by atoms with van der Waals surface area (Å²) in [5, 5.41) is 0. The second-order valence-electron chi connectivity index (χ2n) is 3.43. The molecule has 1 aromatic carbocycles. The zero-order chi connectivity index (χ0) is 11.4. The molecule has 0 aliphatic heterocycles. The number of hydrogen-bond acceptors (Lipinski definition) is 2. The lowest BCUT2D eigenvalue weighted by Crippen LogP contribution is -2.24. The highest BCUT2D eigenvalue weighted by atomic mass is 19.3. The predicted molar refractivity (Wildman–Crippen MR) is 55.8 cm³/mol. The minimum absolute atomic E-state index is 0.306. The van der Waals surface area contributed by atoms with Gasteiger partial charge in [0.15, 0.2) is 0 Å². The Kier molecular flexibility index (Phi) is 3.77. The highest BCUT2D eigenvalue weighted by Crippen LogP contribution is 2.17. The molecule has 0 aromatic heterocycles. The molecule has 0 spiro atoms.